The molecular weight excluding hydrogens is 279 g/mol. The van der Waals surface area contributed by atoms with E-state index in [1.165, 1.54) is 13.2 Å². The molecule has 2 aromatic rings. The third kappa shape index (κ3) is 2.52. The van der Waals surface area contributed by atoms with Crippen molar-refractivity contribution in [1.82, 2.24) is 4.57 Å². The van der Waals surface area contributed by atoms with Gasteiger partial charge in [0.15, 0.2) is 5.82 Å². The topological polar surface area (TPSA) is 80.9 Å². The maximum Gasteiger partial charge on any atom is 0.310 e. The van der Waals surface area contributed by atoms with Crippen LogP contribution in [0.1, 0.15) is 11.3 Å². The SMILES string of the molecule is COC(=O)Cc1c(C)n(CCO)c2ccc(N=O)c(F)c12. The fourth-order valence-electron chi connectivity index (χ4n) is 2.48. The van der Waals surface area contributed by atoms with Gasteiger partial charge in [-0.1, -0.05) is 0 Å². The number of rotatable bonds is 5. The lowest BCUT2D eigenvalue weighted by Gasteiger charge is -2.06. The second kappa shape index (κ2) is 6.01. The molecule has 21 heavy (non-hydrogen) atoms. The number of hydrogen-bond acceptors (Lipinski definition) is 5. The number of halogens is 1. The minimum Gasteiger partial charge on any atom is -0.469 e. The summed E-state index contributed by atoms with van der Waals surface area (Å²) in [6.45, 7) is 1.86. The molecule has 0 radical (unpaired) electrons. The lowest BCUT2D eigenvalue weighted by Crippen LogP contribution is -2.07. The summed E-state index contributed by atoms with van der Waals surface area (Å²) >= 11 is 0. The van der Waals surface area contributed by atoms with Gasteiger partial charge in [0, 0.05) is 17.6 Å². The summed E-state index contributed by atoms with van der Waals surface area (Å²) in [4.78, 5) is 22.2. The maximum atomic E-state index is 14.4. The summed E-state index contributed by atoms with van der Waals surface area (Å²) in [5, 5.41) is 12.0. The van der Waals surface area contributed by atoms with Gasteiger partial charge in [-0.3, -0.25) is 4.79 Å². The van der Waals surface area contributed by atoms with Crippen LogP contribution in [0.25, 0.3) is 10.9 Å². The normalized spacial score (nSPS) is 10.9. The van der Waals surface area contributed by atoms with E-state index >= 15 is 0 Å². The number of carbonyl (C=O) groups is 1. The highest BCUT2D eigenvalue weighted by molar-refractivity contribution is 5.92. The second-order valence-electron chi connectivity index (χ2n) is 4.58. The highest BCUT2D eigenvalue weighted by Gasteiger charge is 2.21. The van der Waals surface area contributed by atoms with E-state index in [1.807, 2.05) is 0 Å². The smallest absolute Gasteiger partial charge is 0.310 e. The number of aromatic nitrogens is 1. The van der Waals surface area contributed by atoms with E-state index in [4.69, 9.17) is 5.11 Å². The molecule has 0 saturated carbocycles. The number of hydrogen-bond donors (Lipinski definition) is 1. The Balaban J connectivity index is 2.77. The molecule has 2 rings (SSSR count). The average molecular weight is 294 g/mol. The van der Waals surface area contributed by atoms with E-state index in [0.717, 1.165) is 0 Å². The molecule has 0 saturated heterocycles. The van der Waals surface area contributed by atoms with Crippen molar-refractivity contribution in [3.8, 4) is 0 Å². The zero-order valence-corrected chi connectivity index (χ0v) is 11.7. The molecule has 1 heterocycles. The molecule has 1 aromatic carbocycles. The first kappa shape index (κ1) is 15.1. The summed E-state index contributed by atoms with van der Waals surface area (Å²) < 4.78 is 20.7. The fraction of sp³-hybridized carbons (Fsp3) is 0.357. The number of methoxy groups -OCH3 is 1. The van der Waals surface area contributed by atoms with Crippen LogP contribution in [0.4, 0.5) is 10.1 Å². The van der Waals surface area contributed by atoms with Crippen LogP contribution in [0.2, 0.25) is 0 Å². The number of nitroso groups, excluding NO2 is 1. The Kier molecular flexibility index (Phi) is 4.32. The Morgan fingerprint density at radius 1 is 1.48 bits per heavy atom. The Bertz CT molecular complexity index is 709. The molecule has 1 N–H and O–H groups in total. The van der Waals surface area contributed by atoms with Crippen molar-refractivity contribution in [1.29, 1.82) is 0 Å². The molecule has 0 fully saturated rings. The first-order chi connectivity index (χ1) is 10.0. The van der Waals surface area contributed by atoms with E-state index in [2.05, 4.69) is 9.91 Å². The summed E-state index contributed by atoms with van der Waals surface area (Å²) in [7, 11) is 1.25. The molecule has 7 heteroatoms. The maximum absolute atomic E-state index is 14.4. The average Bonchev–Trinajstić information content (AvgIpc) is 2.74. The van der Waals surface area contributed by atoms with E-state index in [9.17, 15) is 14.1 Å². The van der Waals surface area contributed by atoms with E-state index in [0.29, 0.717) is 16.8 Å². The van der Waals surface area contributed by atoms with E-state index in [1.54, 1.807) is 17.6 Å². The molecule has 112 valence electrons. The number of aliphatic hydroxyl groups is 1. The van der Waals surface area contributed by atoms with Crippen molar-refractivity contribution in [3.63, 3.8) is 0 Å². The molecule has 0 bridgehead atoms. The van der Waals surface area contributed by atoms with Gasteiger partial charge in [0.1, 0.15) is 5.69 Å². The first-order valence-corrected chi connectivity index (χ1v) is 6.36. The third-order valence-electron chi connectivity index (χ3n) is 3.50. The summed E-state index contributed by atoms with van der Waals surface area (Å²) in [5.41, 5.74) is 1.28. The fourth-order valence-corrected chi connectivity index (χ4v) is 2.48. The standard InChI is InChI=1S/C14H15FN2O4/c1-8-9(7-12(19)21-2)13-11(17(8)5-6-18)4-3-10(16-20)14(13)15/h3-4,18H,5-7H2,1-2H3. The van der Waals surface area contributed by atoms with Gasteiger partial charge in [-0.05, 0) is 29.8 Å². The van der Waals surface area contributed by atoms with Crippen LogP contribution in [-0.2, 0) is 22.5 Å². The van der Waals surface area contributed by atoms with Gasteiger partial charge in [0.25, 0.3) is 0 Å². The Hall–Kier alpha value is -2.28. The molecule has 0 aliphatic carbocycles. The number of aliphatic hydroxyl groups excluding tert-OH is 1. The van der Waals surface area contributed by atoms with Crippen molar-refractivity contribution in [2.75, 3.05) is 13.7 Å². The van der Waals surface area contributed by atoms with Gasteiger partial charge in [-0.2, -0.15) is 0 Å². The van der Waals surface area contributed by atoms with Crippen molar-refractivity contribution >= 4 is 22.6 Å². The molecule has 0 unspecified atom stereocenters. The summed E-state index contributed by atoms with van der Waals surface area (Å²) in [6, 6.07) is 2.83. The van der Waals surface area contributed by atoms with Crippen LogP contribution in [-0.4, -0.2) is 29.4 Å². The van der Waals surface area contributed by atoms with Crippen molar-refractivity contribution in [2.24, 2.45) is 5.18 Å². The second-order valence-corrected chi connectivity index (χ2v) is 4.58. The lowest BCUT2D eigenvalue weighted by molar-refractivity contribution is -0.139. The minimum atomic E-state index is -0.763. The van der Waals surface area contributed by atoms with Crippen LogP contribution in [0.15, 0.2) is 17.3 Å². The van der Waals surface area contributed by atoms with Crippen molar-refractivity contribution < 1.29 is 19.0 Å². The molecular formula is C14H15FN2O4. The quantitative estimate of drug-likeness (QED) is 0.677. The molecule has 1 aromatic heterocycles. The van der Waals surface area contributed by atoms with Gasteiger partial charge in [-0.15, -0.1) is 4.91 Å². The van der Waals surface area contributed by atoms with Gasteiger partial charge in [-0.25, -0.2) is 4.39 Å². The molecule has 0 aliphatic rings. The number of esters is 1. The molecule has 6 nitrogen and oxygen atoms in total. The Morgan fingerprint density at radius 3 is 2.76 bits per heavy atom. The number of ether oxygens (including phenoxy) is 1. The van der Waals surface area contributed by atoms with E-state index < -0.39 is 11.8 Å². The summed E-state index contributed by atoms with van der Waals surface area (Å²) in [5.74, 6) is -1.27. The predicted molar refractivity (Wildman–Crippen MR) is 74.9 cm³/mol. The monoisotopic (exact) mass is 294 g/mol. The van der Waals surface area contributed by atoms with E-state index in [-0.39, 0.29) is 30.6 Å². The lowest BCUT2D eigenvalue weighted by atomic mass is 10.1. The number of fused-ring (bicyclic) bond motifs is 1. The minimum absolute atomic E-state index is 0.115. The van der Waals surface area contributed by atoms with Crippen molar-refractivity contribution in [3.05, 3.63) is 34.1 Å². The third-order valence-corrected chi connectivity index (χ3v) is 3.50. The van der Waals surface area contributed by atoms with Crippen molar-refractivity contribution in [2.45, 2.75) is 19.9 Å². The largest absolute Gasteiger partial charge is 0.469 e. The van der Waals surface area contributed by atoms with Crippen LogP contribution >= 0.6 is 0 Å². The molecule has 0 amide bonds. The van der Waals surface area contributed by atoms with Gasteiger partial charge < -0.3 is 14.4 Å². The summed E-state index contributed by atoms with van der Waals surface area (Å²) in [6.07, 6.45) is -0.115. The van der Waals surface area contributed by atoms with Crippen LogP contribution < -0.4 is 0 Å². The number of benzene rings is 1. The number of nitrogens with zero attached hydrogens (tertiary/aromatic N) is 2. The Labute approximate surface area is 120 Å². The van der Waals surface area contributed by atoms with Crippen LogP contribution in [0, 0.1) is 17.6 Å². The first-order valence-electron chi connectivity index (χ1n) is 6.36. The zero-order valence-electron chi connectivity index (χ0n) is 11.7. The molecule has 0 spiro atoms. The zero-order chi connectivity index (χ0) is 15.6. The molecule has 0 aliphatic heterocycles. The molecule has 0 atom stereocenters. The van der Waals surface area contributed by atoms with Gasteiger partial charge >= 0.3 is 5.97 Å². The highest BCUT2D eigenvalue weighted by Crippen LogP contribution is 2.33. The van der Waals surface area contributed by atoms with Gasteiger partial charge in [0.05, 0.1) is 25.7 Å². The van der Waals surface area contributed by atoms with Crippen LogP contribution in [0.5, 0.6) is 0 Å². The Morgan fingerprint density at radius 2 is 2.19 bits per heavy atom. The highest BCUT2D eigenvalue weighted by atomic mass is 19.1. The van der Waals surface area contributed by atoms with Gasteiger partial charge in [0.2, 0.25) is 0 Å². The van der Waals surface area contributed by atoms with Crippen LogP contribution in [0.3, 0.4) is 0 Å². The predicted octanol–water partition coefficient (Wildman–Crippen LogP) is 2.19. The number of carbonyl (C=O) groups excluding carboxylic acids is 1.